The summed E-state index contributed by atoms with van der Waals surface area (Å²) in [7, 11) is 1.86. The second-order valence-corrected chi connectivity index (χ2v) is 6.49. The van der Waals surface area contributed by atoms with Gasteiger partial charge in [0.25, 0.3) is 0 Å². The van der Waals surface area contributed by atoms with Gasteiger partial charge in [0.05, 0.1) is 6.54 Å². The van der Waals surface area contributed by atoms with Crippen LogP contribution in [0.25, 0.3) is 10.8 Å². The minimum absolute atomic E-state index is 0.218. The summed E-state index contributed by atoms with van der Waals surface area (Å²) >= 11 is 0. The summed E-state index contributed by atoms with van der Waals surface area (Å²) < 4.78 is 0. The predicted molar refractivity (Wildman–Crippen MR) is 103 cm³/mol. The maximum absolute atomic E-state index is 11.6. The van der Waals surface area contributed by atoms with E-state index in [-0.39, 0.29) is 11.9 Å². The van der Waals surface area contributed by atoms with Crippen LogP contribution in [0.5, 0.6) is 0 Å². The number of benzene rings is 2. The Balaban J connectivity index is 1.72. The number of nitrogens with one attached hydrogen (secondary N) is 2. The molecular weight excluding hydrogens is 312 g/mol. The summed E-state index contributed by atoms with van der Waals surface area (Å²) in [4.78, 5) is 18.2. The van der Waals surface area contributed by atoms with Gasteiger partial charge in [-0.15, -0.1) is 0 Å². The molecule has 1 fully saturated rings. The van der Waals surface area contributed by atoms with Gasteiger partial charge in [0.1, 0.15) is 0 Å². The molecule has 5 heteroatoms. The first-order valence-electron chi connectivity index (χ1n) is 8.93. The number of likely N-dealkylation sites (tertiary alicyclic amines) is 1. The maximum atomic E-state index is 11.6. The Labute approximate surface area is 149 Å². The predicted octanol–water partition coefficient (Wildman–Crippen LogP) is 2.52. The fourth-order valence-electron chi connectivity index (χ4n) is 3.24. The van der Waals surface area contributed by atoms with Gasteiger partial charge in [-0.1, -0.05) is 42.5 Å². The second kappa shape index (κ2) is 8.01. The number of hydrogen-bond donors (Lipinski definition) is 2. The van der Waals surface area contributed by atoms with Crippen molar-refractivity contribution in [2.24, 2.45) is 4.99 Å². The lowest BCUT2D eigenvalue weighted by Gasteiger charge is -2.31. The summed E-state index contributed by atoms with van der Waals surface area (Å²) in [6.07, 6.45) is 1.44. The molecule has 1 aliphatic heterocycles. The van der Waals surface area contributed by atoms with Crippen LogP contribution in [-0.4, -0.2) is 42.9 Å². The van der Waals surface area contributed by atoms with Crippen LogP contribution in [0.1, 0.15) is 25.3 Å². The molecule has 1 unspecified atom stereocenters. The Morgan fingerprint density at radius 1 is 1.24 bits per heavy atom. The van der Waals surface area contributed by atoms with Gasteiger partial charge in [0.15, 0.2) is 5.96 Å². The van der Waals surface area contributed by atoms with Crippen molar-refractivity contribution >= 4 is 22.6 Å². The summed E-state index contributed by atoms with van der Waals surface area (Å²) in [5.74, 6) is 1.03. The molecule has 0 bridgehead atoms. The average Bonchev–Trinajstić information content (AvgIpc) is 2.63. The lowest BCUT2D eigenvalue weighted by Crippen LogP contribution is -2.51. The third-order valence-corrected chi connectivity index (χ3v) is 4.60. The highest BCUT2D eigenvalue weighted by molar-refractivity contribution is 5.86. The smallest absolute Gasteiger partial charge is 0.222 e. The van der Waals surface area contributed by atoms with Crippen LogP contribution < -0.4 is 10.6 Å². The van der Waals surface area contributed by atoms with Crippen LogP contribution >= 0.6 is 0 Å². The molecule has 25 heavy (non-hydrogen) atoms. The number of likely N-dealkylation sites (N-methyl/N-ethyl adjacent to an activating group) is 1. The molecule has 1 heterocycles. The van der Waals surface area contributed by atoms with E-state index in [9.17, 15) is 4.79 Å². The van der Waals surface area contributed by atoms with Crippen molar-refractivity contribution in [3.05, 3.63) is 48.0 Å². The van der Waals surface area contributed by atoms with Crippen molar-refractivity contribution in [1.29, 1.82) is 0 Å². The van der Waals surface area contributed by atoms with Crippen LogP contribution in [0.4, 0.5) is 0 Å². The van der Waals surface area contributed by atoms with E-state index in [0.29, 0.717) is 13.0 Å². The largest absolute Gasteiger partial charge is 0.357 e. The maximum Gasteiger partial charge on any atom is 0.222 e. The van der Waals surface area contributed by atoms with Crippen LogP contribution in [0, 0.1) is 0 Å². The molecule has 1 amide bonds. The molecule has 132 valence electrons. The van der Waals surface area contributed by atoms with Crippen molar-refractivity contribution in [2.45, 2.75) is 32.4 Å². The molecule has 0 aromatic heterocycles. The van der Waals surface area contributed by atoms with Crippen molar-refractivity contribution in [2.75, 3.05) is 20.1 Å². The van der Waals surface area contributed by atoms with Crippen LogP contribution in [0.2, 0.25) is 0 Å². The van der Waals surface area contributed by atoms with Crippen molar-refractivity contribution < 1.29 is 4.79 Å². The van der Waals surface area contributed by atoms with Gasteiger partial charge in [-0.05, 0) is 29.7 Å². The van der Waals surface area contributed by atoms with Gasteiger partial charge in [0, 0.05) is 32.6 Å². The zero-order valence-corrected chi connectivity index (χ0v) is 15.0. The molecule has 3 rings (SSSR count). The lowest BCUT2D eigenvalue weighted by atomic mass is 10.0. The van der Waals surface area contributed by atoms with Crippen LogP contribution in [-0.2, 0) is 11.3 Å². The van der Waals surface area contributed by atoms with Gasteiger partial charge >= 0.3 is 0 Å². The fraction of sp³-hybridized carbons (Fsp3) is 0.400. The quantitative estimate of drug-likeness (QED) is 0.665. The molecule has 1 saturated heterocycles. The molecule has 1 atom stereocenters. The Kier molecular flexibility index (Phi) is 5.53. The van der Waals surface area contributed by atoms with E-state index in [1.54, 1.807) is 4.90 Å². The molecule has 2 aromatic carbocycles. The second-order valence-electron chi connectivity index (χ2n) is 6.49. The van der Waals surface area contributed by atoms with Crippen molar-refractivity contribution in [1.82, 2.24) is 15.5 Å². The molecule has 1 aliphatic rings. The molecule has 0 aliphatic carbocycles. The molecule has 5 nitrogen and oxygen atoms in total. The van der Waals surface area contributed by atoms with E-state index >= 15 is 0 Å². The number of guanidine groups is 1. The highest BCUT2D eigenvalue weighted by Crippen LogP contribution is 2.19. The van der Waals surface area contributed by atoms with Crippen molar-refractivity contribution in [3.63, 3.8) is 0 Å². The molecule has 0 radical (unpaired) electrons. The minimum atomic E-state index is 0.218. The molecule has 2 aromatic rings. The number of nitrogens with zero attached hydrogens (tertiary/aromatic N) is 2. The van der Waals surface area contributed by atoms with Gasteiger partial charge in [-0.3, -0.25) is 4.79 Å². The Morgan fingerprint density at radius 3 is 2.84 bits per heavy atom. The zero-order valence-electron chi connectivity index (χ0n) is 15.0. The Hall–Kier alpha value is -2.56. The first-order valence-corrected chi connectivity index (χ1v) is 8.93. The van der Waals surface area contributed by atoms with Crippen LogP contribution in [0.15, 0.2) is 47.5 Å². The Morgan fingerprint density at radius 2 is 2.04 bits per heavy atom. The molecule has 2 N–H and O–H groups in total. The molecule has 0 spiro atoms. The third kappa shape index (κ3) is 4.29. The van der Waals surface area contributed by atoms with E-state index in [2.05, 4.69) is 60.0 Å². The highest BCUT2D eigenvalue weighted by Gasteiger charge is 2.23. The minimum Gasteiger partial charge on any atom is -0.357 e. The number of amides is 1. The summed E-state index contributed by atoms with van der Waals surface area (Å²) in [5, 5.41) is 9.26. The topological polar surface area (TPSA) is 56.7 Å². The van der Waals surface area contributed by atoms with E-state index in [1.165, 1.54) is 16.3 Å². The first-order chi connectivity index (χ1) is 12.2. The average molecular weight is 338 g/mol. The van der Waals surface area contributed by atoms with Crippen LogP contribution in [0.3, 0.4) is 0 Å². The summed E-state index contributed by atoms with van der Waals surface area (Å²) in [6.45, 7) is 4.21. The number of piperidine rings is 1. The van der Waals surface area contributed by atoms with E-state index in [4.69, 9.17) is 4.99 Å². The highest BCUT2D eigenvalue weighted by atomic mass is 16.2. The number of carbonyl (C=O) groups is 1. The van der Waals surface area contributed by atoms with Gasteiger partial charge < -0.3 is 15.5 Å². The van der Waals surface area contributed by atoms with Gasteiger partial charge in [-0.25, -0.2) is 4.99 Å². The van der Waals surface area contributed by atoms with Crippen molar-refractivity contribution in [3.8, 4) is 0 Å². The fourth-order valence-corrected chi connectivity index (χ4v) is 3.24. The lowest BCUT2D eigenvalue weighted by molar-refractivity contribution is -0.132. The standard InChI is InChI=1S/C20H26N4O/c1-3-21-20(23-17-11-12-19(25)24(2)14-17)22-13-16-9-6-8-15-7-4-5-10-18(15)16/h4-10,17H,3,11-14H2,1-2H3,(H2,21,22,23). The summed E-state index contributed by atoms with van der Waals surface area (Å²) in [5.41, 5.74) is 1.21. The Bertz CT molecular complexity index is 766. The third-order valence-electron chi connectivity index (χ3n) is 4.60. The molecular formula is C20H26N4O. The normalized spacial score (nSPS) is 18.5. The van der Waals surface area contributed by atoms with E-state index in [1.807, 2.05) is 7.05 Å². The van der Waals surface area contributed by atoms with Gasteiger partial charge in [0.2, 0.25) is 5.91 Å². The monoisotopic (exact) mass is 338 g/mol. The first kappa shape index (κ1) is 17.3. The molecule has 0 saturated carbocycles. The zero-order chi connectivity index (χ0) is 17.6. The number of carbonyl (C=O) groups excluding carboxylic acids is 1. The number of fused-ring (bicyclic) bond motifs is 1. The SMILES string of the molecule is CCNC(=NCc1cccc2ccccc12)NC1CCC(=O)N(C)C1. The number of aliphatic imine (C=N–C) groups is 1. The van der Waals surface area contributed by atoms with E-state index in [0.717, 1.165) is 25.5 Å². The number of rotatable bonds is 4. The van der Waals surface area contributed by atoms with Gasteiger partial charge in [-0.2, -0.15) is 0 Å². The summed E-state index contributed by atoms with van der Waals surface area (Å²) in [6, 6.07) is 15.0. The number of hydrogen-bond acceptors (Lipinski definition) is 2. The van der Waals surface area contributed by atoms with E-state index < -0.39 is 0 Å².